The van der Waals surface area contributed by atoms with Crippen molar-refractivity contribution in [3.63, 3.8) is 0 Å². The Morgan fingerprint density at radius 2 is 2.25 bits per heavy atom. The zero-order valence-electron chi connectivity index (χ0n) is 10.5. The number of likely N-dealkylation sites (N-methyl/N-ethyl adjacent to an activating group) is 1. The van der Waals surface area contributed by atoms with Crippen LogP contribution in [-0.2, 0) is 9.53 Å². The van der Waals surface area contributed by atoms with E-state index in [9.17, 15) is 4.79 Å². The summed E-state index contributed by atoms with van der Waals surface area (Å²) < 4.78 is 5.03. The van der Waals surface area contributed by atoms with Crippen molar-refractivity contribution in [1.29, 1.82) is 0 Å². The molecule has 94 valence electrons. The molecule has 0 aromatic carbocycles. The van der Waals surface area contributed by atoms with Crippen LogP contribution in [0.25, 0.3) is 0 Å². The van der Waals surface area contributed by atoms with E-state index in [0.717, 1.165) is 32.0 Å². The van der Waals surface area contributed by atoms with Gasteiger partial charge in [-0.05, 0) is 26.3 Å². The van der Waals surface area contributed by atoms with Gasteiger partial charge in [-0.25, -0.2) is 0 Å². The molecule has 1 aliphatic rings. The average Bonchev–Trinajstić information content (AvgIpc) is 3.08. The van der Waals surface area contributed by atoms with Crippen molar-refractivity contribution in [2.75, 3.05) is 33.3 Å². The highest BCUT2D eigenvalue weighted by molar-refractivity contribution is 5.71. The van der Waals surface area contributed by atoms with Gasteiger partial charge < -0.3 is 15.0 Å². The molecule has 0 aromatic rings. The van der Waals surface area contributed by atoms with Crippen LogP contribution in [0.3, 0.4) is 0 Å². The Kier molecular flexibility index (Phi) is 6.42. The van der Waals surface area contributed by atoms with E-state index < -0.39 is 0 Å². The average molecular weight is 228 g/mol. The molecule has 1 saturated carbocycles. The molecule has 0 bridgehead atoms. The number of hydrogen-bond acceptors (Lipinski definition) is 4. The highest BCUT2D eigenvalue weighted by Gasteiger charge is 2.25. The number of rotatable bonds is 9. The molecule has 4 nitrogen and oxygen atoms in total. The predicted molar refractivity (Wildman–Crippen MR) is 64.4 cm³/mol. The number of unbranched alkanes of at least 4 members (excludes halogenated alkanes) is 1. The first-order valence-electron chi connectivity index (χ1n) is 6.30. The van der Waals surface area contributed by atoms with Gasteiger partial charge in [0.05, 0.1) is 13.2 Å². The number of carbonyl (C=O) groups is 1. The quantitative estimate of drug-likeness (QED) is 0.472. The molecule has 0 heterocycles. The zero-order valence-corrected chi connectivity index (χ0v) is 10.5. The first kappa shape index (κ1) is 13.5. The Morgan fingerprint density at radius 3 is 2.88 bits per heavy atom. The SMILES string of the molecule is CCCCOC(=O)CNCCN(C)C1CC1. The molecule has 0 atom stereocenters. The summed E-state index contributed by atoms with van der Waals surface area (Å²) in [7, 11) is 2.14. The number of nitrogens with one attached hydrogen (secondary N) is 1. The fourth-order valence-electron chi connectivity index (χ4n) is 1.53. The summed E-state index contributed by atoms with van der Waals surface area (Å²) in [6.07, 6.45) is 4.67. The number of nitrogens with zero attached hydrogens (tertiary/aromatic N) is 1. The normalized spacial score (nSPS) is 15.4. The summed E-state index contributed by atoms with van der Waals surface area (Å²) in [6.45, 7) is 4.84. The summed E-state index contributed by atoms with van der Waals surface area (Å²) >= 11 is 0. The third kappa shape index (κ3) is 6.08. The van der Waals surface area contributed by atoms with Crippen molar-refractivity contribution in [1.82, 2.24) is 10.2 Å². The molecule has 1 fully saturated rings. The molecule has 16 heavy (non-hydrogen) atoms. The Bertz CT molecular complexity index is 205. The van der Waals surface area contributed by atoms with Gasteiger partial charge in [0.25, 0.3) is 0 Å². The van der Waals surface area contributed by atoms with Crippen molar-refractivity contribution in [3.8, 4) is 0 Å². The van der Waals surface area contributed by atoms with Crippen LogP contribution in [0, 0.1) is 0 Å². The van der Waals surface area contributed by atoms with E-state index in [-0.39, 0.29) is 5.97 Å². The third-order valence-electron chi connectivity index (χ3n) is 2.84. The Labute approximate surface area is 98.3 Å². The molecule has 1 rings (SSSR count). The predicted octanol–water partition coefficient (Wildman–Crippen LogP) is 1.01. The summed E-state index contributed by atoms with van der Waals surface area (Å²) in [4.78, 5) is 13.6. The Balaban J connectivity index is 1.87. The van der Waals surface area contributed by atoms with Crippen molar-refractivity contribution in [2.45, 2.75) is 38.6 Å². The van der Waals surface area contributed by atoms with Crippen LogP contribution in [0.15, 0.2) is 0 Å². The monoisotopic (exact) mass is 228 g/mol. The second kappa shape index (κ2) is 7.63. The highest BCUT2D eigenvalue weighted by atomic mass is 16.5. The van der Waals surface area contributed by atoms with Crippen LogP contribution in [0.2, 0.25) is 0 Å². The third-order valence-corrected chi connectivity index (χ3v) is 2.84. The standard InChI is InChI=1S/C12H24N2O2/c1-3-4-9-16-12(15)10-13-7-8-14(2)11-5-6-11/h11,13H,3-10H2,1-2H3. The van der Waals surface area contributed by atoms with Crippen molar-refractivity contribution >= 4 is 5.97 Å². The van der Waals surface area contributed by atoms with Gasteiger partial charge in [-0.1, -0.05) is 13.3 Å². The minimum atomic E-state index is -0.137. The molecule has 4 heteroatoms. The largest absolute Gasteiger partial charge is 0.465 e. The molecular formula is C12H24N2O2. The lowest BCUT2D eigenvalue weighted by atomic mass is 10.4. The lowest BCUT2D eigenvalue weighted by molar-refractivity contribution is -0.142. The summed E-state index contributed by atoms with van der Waals surface area (Å²) in [5.41, 5.74) is 0. The fourth-order valence-corrected chi connectivity index (χ4v) is 1.53. The number of ether oxygens (including phenoxy) is 1. The summed E-state index contributed by atoms with van der Waals surface area (Å²) in [5, 5.41) is 3.11. The zero-order chi connectivity index (χ0) is 11.8. The van der Waals surface area contributed by atoms with E-state index in [1.54, 1.807) is 0 Å². The van der Waals surface area contributed by atoms with Crippen LogP contribution in [-0.4, -0.2) is 50.2 Å². The van der Waals surface area contributed by atoms with Gasteiger partial charge in [0.1, 0.15) is 0 Å². The van der Waals surface area contributed by atoms with E-state index in [2.05, 4.69) is 24.2 Å². The number of hydrogen-bond donors (Lipinski definition) is 1. The van der Waals surface area contributed by atoms with Gasteiger partial charge in [0.15, 0.2) is 0 Å². The maximum absolute atomic E-state index is 11.2. The maximum atomic E-state index is 11.2. The van der Waals surface area contributed by atoms with Gasteiger partial charge in [-0.15, -0.1) is 0 Å². The lowest BCUT2D eigenvalue weighted by Gasteiger charge is -2.15. The molecule has 0 aromatic heterocycles. The van der Waals surface area contributed by atoms with Gasteiger partial charge >= 0.3 is 5.97 Å². The van der Waals surface area contributed by atoms with Gasteiger partial charge in [0, 0.05) is 19.1 Å². The van der Waals surface area contributed by atoms with E-state index >= 15 is 0 Å². The molecule has 1 N–H and O–H groups in total. The molecule has 1 aliphatic carbocycles. The molecule has 0 spiro atoms. The second-order valence-corrected chi connectivity index (χ2v) is 4.46. The van der Waals surface area contributed by atoms with E-state index in [0.29, 0.717) is 13.2 Å². The minimum Gasteiger partial charge on any atom is -0.465 e. The molecule has 0 saturated heterocycles. The van der Waals surface area contributed by atoms with Crippen LogP contribution < -0.4 is 5.32 Å². The minimum absolute atomic E-state index is 0.137. The smallest absolute Gasteiger partial charge is 0.319 e. The van der Waals surface area contributed by atoms with Gasteiger partial charge in [-0.3, -0.25) is 4.79 Å². The van der Waals surface area contributed by atoms with E-state index in [1.807, 2.05) is 0 Å². The van der Waals surface area contributed by atoms with Crippen LogP contribution in [0.5, 0.6) is 0 Å². The Hall–Kier alpha value is -0.610. The van der Waals surface area contributed by atoms with E-state index in [1.165, 1.54) is 12.8 Å². The Morgan fingerprint density at radius 1 is 1.50 bits per heavy atom. The second-order valence-electron chi connectivity index (χ2n) is 4.46. The molecule has 0 amide bonds. The summed E-state index contributed by atoms with van der Waals surface area (Å²) in [5.74, 6) is -0.137. The summed E-state index contributed by atoms with van der Waals surface area (Å²) in [6, 6.07) is 0.790. The number of esters is 1. The topological polar surface area (TPSA) is 41.6 Å². The fraction of sp³-hybridized carbons (Fsp3) is 0.917. The van der Waals surface area contributed by atoms with Crippen LogP contribution in [0.1, 0.15) is 32.6 Å². The van der Waals surface area contributed by atoms with Crippen molar-refractivity contribution < 1.29 is 9.53 Å². The molecule has 0 aliphatic heterocycles. The van der Waals surface area contributed by atoms with Gasteiger partial charge in [-0.2, -0.15) is 0 Å². The first-order chi connectivity index (χ1) is 7.74. The molecule has 0 radical (unpaired) electrons. The lowest BCUT2D eigenvalue weighted by Crippen LogP contribution is -2.33. The molecular weight excluding hydrogens is 204 g/mol. The van der Waals surface area contributed by atoms with Crippen molar-refractivity contribution in [3.05, 3.63) is 0 Å². The maximum Gasteiger partial charge on any atom is 0.319 e. The van der Waals surface area contributed by atoms with Crippen LogP contribution >= 0.6 is 0 Å². The first-order valence-corrected chi connectivity index (χ1v) is 6.30. The van der Waals surface area contributed by atoms with Crippen molar-refractivity contribution in [2.24, 2.45) is 0 Å². The molecule has 0 unspecified atom stereocenters. The highest BCUT2D eigenvalue weighted by Crippen LogP contribution is 2.24. The number of carbonyl (C=O) groups excluding carboxylic acids is 1. The van der Waals surface area contributed by atoms with E-state index in [4.69, 9.17) is 4.74 Å². The van der Waals surface area contributed by atoms with Gasteiger partial charge in [0.2, 0.25) is 0 Å². The van der Waals surface area contributed by atoms with Crippen LogP contribution in [0.4, 0.5) is 0 Å².